The molecule has 166 valence electrons. The molecule has 0 fully saturated rings. The topological polar surface area (TPSA) is 102 Å². The van der Waals surface area contributed by atoms with Crippen LogP contribution in [0, 0.1) is 10.1 Å². The molecule has 0 unspecified atom stereocenters. The summed E-state index contributed by atoms with van der Waals surface area (Å²) in [6, 6.07) is 11.6. The first-order valence-electron chi connectivity index (χ1n) is 9.83. The number of nitrogens with zero attached hydrogens (tertiary/aromatic N) is 3. The molecule has 0 bridgehead atoms. The number of benzene rings is 2. The molecule has 0 saturated heterocycles. The van der Waals surface area contributed by atoms with E-state index in [1.165, 1.54) is 41.1 Å². The molecule has 3 aromatic rings. The summed E-state index contributed by atoms with van der Waals surface area (Å²) in [5.74, 6) is -0.478. The van der Waals surface area contributed by atoms with Crippen LogP contribution in [0.2, 0.25) is 0 Å². The molecule has 1 aliphatic rings. The molecule has 2 aromatic carbocycles. The summed E-state index contributed by atoms with van der Waals surface area (Å²) >= 11 is 0. The van der Waals surface area contributed by atoms with Gasteiger partial charge < -0.3 is 0 Å². The number of nitro benzene ring substituents is 1. The largest absolute Gasteiger partial charge is 0.435 e. The van der Waals surface area contributed by atoms with Crippen LogP contribution in [0.15, 0.2) is 48.5 Å². The fourth-order valence-electron chi connectivity index (χ4n) is 3.66. The first-order chi connectivity index (χ1) is 15.2. The second-order valence-corrected chi connectivity index (χ2v) is 7.32. The van der Waals surface area contributed by atoms with Crippen molar-refractivity contribution in [1.82, 2.24) is 15.2 Å². The van der Waals surface area contributed by atoms with Crippen LogP contribution < -0.4 is 10.9 Å². The number of aromatic nitrogens is 2. The lowest BCUT2D eigenvalue weighted by Gasteiger charge is -2.15. The molecule has 4 rings (SSSR count). The number of non-ortho nitro benzene ring substituents is 1. The van der Waals surface area contributed by atoms with Crippen LogP contribution in [0.3, 0.4) is 0 Å². The van der Waals surface area contributed by atoms with E-state index >= 15 is 0 Å². The Morgan fingerprint density at radius 2 is 1.69 bits per heavy atom. The second-order valence-electron chi connectivity index (χ2n) is 7.32. The normalized spacial score (nSPS) is 13.3. The van der Waals surface area contributed by atoms with Crippen molar-refractivity contribution in [3.05, 3.63) is 81.2 Å². The van der Waals surface area contributed by atoms with E-state index < -0.39 is 22.7 Å². The van der Waals surface area contributed by atoms with E-state index in [2.05, 4.69) is 16.0 Å². The first-order valence-corrected chi connectivity index (χ1v) is 9.83. The number of fused-ring (bicyclic) bond motifs is 1. The number of amides is 1. The van der Waals surface area contributed by atoms with E-state index in [1.807, 2.05) is 0 Å². The summed E-state index contributed by atoms with van der Waals surface area (Å²) in [6.07, 6.45) is -2.16. The smallest absolute Gasteiger partial charge is 0.298 e. The van der Waals surface area contributed by atoms with Crippen LogP contribution in [0.4, 0.5) is 24.5 Å². The maximum absolute atomic E-state index is 13.4. The Morgan fingerprint density at radius 3 is 2.31 bits per heavy atom. The number of anilines is 1. The minimum absolute atomic E-state index is 0.0769. The molecule has 0 spiro atoms. The van der Waals surface area contributed by atoms with E-state index in [-0.39, 0.29) is 16.8 Å². The molecule has 0 saturated carbocycles. The Morgan fingerprint density at radius 1 is 1.03 bits per heavy atom. The van der Waals surface area contributed by atoms with Gasteiger partial charge in [-0.25, -0.2) is 4.68 Å². The molecule has 32 heavy (non-hydrogen) atoms. The minimum atomic E-state index is -4.52. The van der Waals surface area contributed by atoms with Crippen molar-refractivity contribution >= 4 is 17.3 Å². The van der Waals surface area contributed by atoms with Crippen LogP contribution >= 0.6 is 0 Å². The standard InChI is InChI=1S/C21H18F3N5O3/c22-21(23,24)19-17-3-1-2-4-18(17)28(27-19)15-9-5-13(6-10-15)20(30)26-25-14-7-11-16(12-8-14)29(31)32/h5-12,25H,1-4H2,(H,26,30). The molecule has 1 amide bonds. The van der Waals surface area contributed by atoms with E-state index in [9.17, 15) is 28.1 Å². The summed E-state index contributed by atoms with van der Waals surface area (Å²) in [7, 11) is 0. The fraction of sp³-hybridized carbons (Fsp3) is 0.238. The average molecular weight is 445 g/mol. The van der Waals surface area contributed by atoms with Crippen LogP contribution in [0.25, 0.3) is 5.69 Å². The van der Waals surface area contributed by atoms with Gasteiger partial charge in [-0.05, 0) is 62.1 Å². The lowest BCUT2D eigenvalue weighted by atomic mass is 9.95. The number of hydrogen-bond donors (Lipinski definition) is 2. The molecule has 11 heteroatoms. The Hall–Kier alpha value is -3.89. The van der Waals surface area contributed by atoms with Crippen LogP contribution in [0.1, 0.15) is 40.2 Å². The Balaban J connectivity index is 1.49. The third-order valence-corrected chi connectivity index (χ3v) is 5.22. The summed E-state index contributed by atoms with van der Waals surface area (Å²) in [5.41, 5.74) is 6.17. The predicted octanol–water partition coefficient (Wildman–Crippen LogP) is 4.44. The molecule has 2 N–H and O–H groups in total. The highest BCUT2D eigenvalue weighted by Gasteiger charge is 2.39. The van der Waals surface area contributed by atoms with Gasteiger partial charge in [0.05, 0.1) is 16.3 Å². The summed E-state index contributed by atoms with van der Waals surface area (Å²) < 4.78 is 41.5. The first kappa shape index (κ1) is 21.3. The van der Waals surface area contributed by atoms with Gasteiger partial charge in [-0.2, -0.15) is 18.3 Å². The van der Waals surface area contributed by atoms with Crippen molar-refractivity contribution in [1.29, 1.82) is 0 Å². The van der Waals surface area contributed by atoms with Crippen molar-refractivity contribution in [3.63, 3.8) is 0 Å². The molecule has 1 aromatic heterocycles. The van der Waals surface area contributed by atoms with Gasteiger partial charge in [-0.15, -0.1) is 0 Å². The van der Waals surface area contributed by atoms with Crippen molar-refractivity contribution in [2.24, 2.45) is 0 Å². The molecular formula is C21H18F3N5O3. The Labute approximate surface area is 180 Å². The Kier molecular flexibility index (Phi) is 5.56. The number of carbonyl (C=O) groups excluding carboxylic acids is 1. The third kappa shape index (κ3) is 4.27. The number of hydrazine groups is 1. The van der Waals surface area contributed by atoms with Gasteiger partial charge in [-0.3, -0.25) is 25.8 Å². The highest BCUT2D eigenvalue weighted by molar-refractivity contribution is 5.95. The predicted molar refractivity (Wildman–Crippen MR) is 109 cm³/mol. The minimum Gasteiger partial charge on any atom is -0.298 e. The maximum atomic E-state index is 13.4. The van der Waals surface area contributed by atoms with Crippen molar-refractivity contribution < 1.29 is 22.9 Å². The molecule has 1 aliphatic carbocycles. The van der Waals surface area contributed by atoms with Crippen LogP contribution in [0.5, 0.6) is 0 Å². The Bertz CT molecular complexity index is 1160. The van der Waals surface area contributed by atoms with Gasteiger partial charge in [0.15, 0.2) is 5.69 Å². The quantitative estimate of drug-likeness (QED) is 0.447. The molecule has 0 atom stereocenters. The summed E-state index contributed by atoms with van der Waals surface area (Å²) in [4.78, 5) is 22.5. The monoisotopic (exact) mass is 445 g/mol. The van der Waals surface area contributed by atoms with E-state index in [1.54, 1.807) is 12.1 Å². The number of carbonyl (C=O) groups is 1. The molecular weight excluding hydrogens is 427 g/mol. The number of rotatable bonds is 5. The molecule has 0 aliphatic heterocycles. The van der Waals surface area contributed by atoms with Crippen LogP contribution in [-0.2, 0) is 19.0 Å². The number of halogens is 3. The zero-order chi connectivity index (χ0) is 22.9. The van der Waals surface area contributed by atoms with Crippen molar-refractivity contribution in [2.75, 3.05) is 5.43 Å². The van der Waals surface area contributed by atoms with Gasteiger partial charge >= 0.3 is 6.18 Å². The number of alkyl halides is 3. The molecule has 0 radical (unpaired) electrons. The zero-order valence-electron chi connectivity index (χ0n) is 16.6. The van der Waals surface area contributed by atoms with Gasteiger partial charge in [0, 0.05) is 29.0 Å². The lowest BCUT2D eigenvalue weighted by Crippen LogP contribution is -2.29. The summed E-state index contributed by atoms with van der Waals surface area (Å²) in [6.45, 7) is 0. The van der Waals surface area contributed by atoms with Gasteiger partial charge in [0.25, 0.3) is 11.6 Å². The fourth-order valence-corrected chi connectivity index (χ4v) is 3.66. The summed E-state index contributed by atoms with van der Waals surface area (Å²) in [5, 5.41) is 14.5. The highest BCUT2D eigenvalue weighted by atomic mass is 19.4. The zero-order valence-corrected chi connectivity index (χ0v) is 16.6. The molecule has 1 heterocycles. The average Bonchev–Trinajstić information content (AvgIpc) is 3.18. The van der Waals surface area contributed by atoms with Crippen molar-refractivity contribution in [3.8, 4) is 5.69 Å². The van der Waals surface area contributed by atoms with Gasteiger partial charge in [0.1, 0.15) is 0 Å². The van der Waals surface area contributed by atoms with Gasteiger partial charge in [0.2, 0.25) is 0 Å². The third-order valence-electron chi connectivity index (χ3n) is 5.22. The SMILES string of the molecule is O=C(NNc1ccc([N+](=O)[O-])cc1)c1ccc(-n2nc(C(F)(F)F)c3c2CCCC3)cc1. The number of nitro groups is 1. The second kappa shape index (κ2) is 8.33. The number of hydrogen-bond acceptors (Lipinski definition) is 5. The van der Waals surface area contributed by atoms with E-state index in [0.717, 1.165) is 6.42 Å². The molecule has 8 nitrogen and oxygen atoms in total. The van der Waals surface area contributed by atoms with Crippen molar-refractivity contribution in [2.45, 2.75) is 31.9 Å². The van der Waals surface area contributed by atoms with E-state index in [0.29, 0.717) is 36.3 Å². The lowest BCUT2D eigenvalue weighted by molar-refractivity contribution is -0.384. The van der Waals surface area contributed by atoms with Gasteiger partial charge in [-0.1, -0.05) is 0 Å². The van der Waals surface area contributed by atoms with Crippen LogP contribution in [-0.4, -0.2) is 20.6 Å². The maximum Gasteiger partial charge on any atom is 0.435 e. The van der Waals surface area contributed by atoms with E-state index in [4.69, 9.17) is 0 Å². The highest BCUT2D eigenvalue weighted by Crippen LogP contribution is 2.36. The number of nitrogens with one attached hydrogen (secondary N) is 2.